The maximum absolute atomic E-state index is 9.01. The molecule has 2 atom stereocenters. The van der Waals surface area contributed by atoms with E-state index in [0.29, 0.717) is 5.92 Å². The summed E-state index contributed by atoms with van der Waals surface area (Å²) < 4.78 is 1.13. The molecule has 0 radical (unpaired) electrons. The van der Waals surface area contributed by atoms with Gasteiger partial charge in [0.25, 0.3) is 0 Å². The Bertz CT molecular complexity index is 316. The van der Waals surface area contributed by atoms with Crippen molar-refractivity contribution in [1.82, 2.24) is 5.32 Å². The summed E-state index contributed by atoms with van der Waals surface area (Å²) in [5.74, 6) is 0.546. The highest BCUT2D eigenvalue weighted by Crippen LogP contribution is 2.27. The van der Waals surface area contributed by atoms with Crippen LogP contribution in [0, 0.1) is 0 Å². The molecule has 0 spiro atoms. The van der Waals surface area contributed by atoms with Gasteiger partial charge in [0.1, 0.15) is 0 Å². The predicted molar refractivity (Wildman–Crippen MR) is 60.4 cm³/mol. The van der Waals surface area contributed by atoms with Gasteiger partial charge in [-0.25, -0.2) is 0 Å². The summed E-state index contributed by atoms with van der Waals surface area (Å²) >= 11 is 3.47. The molecule has 0 aliphatic carbocycles. The molecule has 2 N–H and O–H groups in total. The first kappa shape index (κ1) is 10.1. The second-order valence-corrected chi connectivity index (χ2v) is 4.69. The van der Waals surface area contributed by atoms with Gasteiger partial charge in [0, 0.05) is 17.1 Å². The average Bonchev–Trinajstić information content (AvgIpc) is 2.66. The van der Waals surface area contributed by atoms with Crippen molar-refractivity contribution < 1.29 is 5.11 Å². The molecule has 0 amide bonds. The van der Waals surface area contributed by atoms with E-state index in [9.17, 15) is 0 Å². The monoisotopic (exact) mass is 255 g/mol. The molecule has 0 aromatic heterocycles. The molecule has 0 bridgehead atoms. The number of rotatable bonds is 2. The van der Waals surface area contributed by atoms with Crippen LogP contribution in [0.15, 0.2) is 28.7 Å². The molecule has 1 aromatic carbocycles. The molecule has 2 nitrogen and oxygen atoms in total. The minimum absolute atomic E-state index is 0.241. The van der Waals surface area contributed by atoms with Crippen LogP contribution in [0.3, 0.4) is 0 Å². The van der Waals surface area contributed by atoms with Crippen molar-refractivity contribution in [3.05, 3.63) is 34.3 Å². The average molecular weight is 256 g/mol. The summed E-state index contributed by atoms with van der Waals surface area (Å²) in [5, 5.41) is 12.3. The zero-order chi connectivity index (χ0) is 9.97. The van der Waals surface area contributed by atoms with E-state index in [1.165, 1.54) is 5.56 Å². The highest BCUT2D eigenvalue weighted by atomic mass is 79.9. The van der Waals surface area contributed by atoms with Crippen LogP contribution in [0.25, 0.3) is 0 Å². The lowest BCUT2D eigenvalue weighted by atomic mass is 9.97. The number of halogens is 1. The topological polar surface area (TPSA) is 32.3 Å². The van der Waals surface area contributed by atoms with Gasteiger partial charge in [-0.3, -0.25) is 0 Å². The fraction of sp³-hybridized carbons (Fsp3) is 0.455. The molecule has 1 saturated heterocycles. The quantitative estimate of drug-likeness (QED) is 0.846. The molecule has 1 aromatic rings. The lowest BCUT2D eigenvalue weighted by Gasteiger charge is -2.09. The molecule has 0 saturated carbocycles. The van der Waals surface area contributed by atoms with Crippen molar-refractivity contribution in [2.45, 2.75) is 18.4 Å². The summed E-state index contributed by atoms with van der Waals surface area (Å²) in [7, 11) is 0. The van der Waals surface area contributed by atoms with Gasteiger partial charge in [-0.1, -0.05) is 28.1 Å². The number of nitrogens with one attached hydrogen (secondary N) is 1. The third-order valence-electron chi connectivity index (χ3n) is 2.76. The second kappa shape index (κ2) is 4.43. The number of aliphatic hydroxyl groups is 1. The lowest BCUT2D eigenvalue weighted by molar-refractivity contribution is 0.254. The van der Waals surface area contributed by atoms with E-state index in [1.807, 2.05) is 6.07 Å². The number of benzene rings is 1. The van der Waals surface area contributed by atoms with E-state index in [-0.39, 0.29) is 12.6 Å². The second-order valence-electron chi connectivity index (χ2n) is 3.78. The van der Waals surface area contributed by atoms with Crippen LogP contribution in [0.5, 0.6) is 0 Å². The van der Waals surface area contributed by atoms with Crippen molar-refractivity contribution in [1.29, 1.82) is 0 Å². The van der Waals surface area contributed by atoms with Gasteiger partial charge < -0.3 is 10.4 Å². The molecule has 76 valence electrons. The van der Waals surface area contributed by atoms with Gasteiger partial charge in [-0.2, -0.15) is 0 Å². The van der Waals surface area contributed by atoms with E-state index in [0.717, 1.165) is 17.4 Å². The van der Waals surface area contributed by atoms with Crippen LogP contribution < -0.4 is 5.32 Å². The Morgan fingerprint density at radius 1 is 1.50 bits per heavy atom. The molecule has 1 heterocycles. The maximum atomic E-state index is 9.01. The lowest BCUT2D eigenvalue weighted by Crippen LogP contribution is -2.24. The molecule has 2 unspecified atom stereocenters. The van der Waals surface area contributed by atoms with Gasteiger partial charge in [0.2, 0.25) is 0 Å². The van der Waals surface area contributed by atoms with Crippen LogP contribution in [0.2, 0.25) is 0 Å². The Kier molecular flexibility index (Phi) is 3.21. The summed E-state index contributed by atoms with van der Waals surface area (Å²) in [6.07, 6.45) is 1.03. The van der Waals surface area contributed by atoms with E-state index in [2.05, 4.69) is 39.4 Å². The third-order valence-corrected chi connectivity index (χ3v) is 3.26. The van der Waals surface area contributed by atoms with Gasteiger partial charge in [-0.15, -0.1) is 0 Å². The van der Waals surface area contributed by atoms with E-state index in [4.69, 9.17) is 5.11 Å². The van der Waals surface area contributed by atoms with Crippen molar-refractivity contribution in [2.24, 2.45) is 0 Å². The van der Waals surface area contributed by atoms with Crippen LogP contribution in [0.4, 0.5) is 0 Å². The van der Waals surface area contributed by atoms with Crippen LogP contribution >= 0.6 is 15.9 Å². The number of hydrogen-bond donors (Lipinski definition) is 2. The Morgan fingerprint density at radius 3 is 3.00 bits per heavy atom. The molecule has 3 heteroatoms. The van der Waals surface area contributed by atoms with Gasteiger partial charge >= 0.3 is 0 Å². The van der Waals surface area contributed by atoms with Crippen LogP contribution in [0.1, 0.15) is 17.9 Å². The first-order valence-electron chi connectivity index (χ1n) is 4.89. The first-order valence-corrected chi connectivity index (χ1v) is 5.68. The minimum Gasteiger partial charge on any atom is -0.395 e. The standard InChI is InChI=1S/C11H14BrNO/c12-10-3-1-2-8(4-10)9-5-11(7-14)13-6-9/h1-4,9,11,13-14H,5-7H2. The predicted octanol–water partition coefficient (Wildman–Crippen LogP) is 1.89. The Hall–Kier alpha value is -0.380. The van der Waals surface area contributed by atoms with Crippen molar-refractivity contribution in [2.75, 3.05) is 13.2 Å². The highest BCUT2D eigenvalue weighted by Gasteiger charge is 2.24. The van der Waals surface area contributed by atoms with Crippen molar-refractivity contribution >= 4 is 15.9 Å². The van der Waals surface area contributed by atoms with E-state index >= 15 is 0 Å². The van der Waals surface area contributed by atoms with E-state index in [1.54, 1.807) is 0 Å². The molecule has 1 fully saturated rings. The van der Waals surface area contributed by atoms with Gasteiger partial charge in [0.15, 0.2) is 0 Å². The molecule has 14 heavy (non-hydrogen) atoms. The molecular formula is C11H14BrNO. The molecular weight excluding hydrogens is 242 g/mol. The normalized spacial score (nSPS) is 26.7. The first-order chi connectivity index (χ1) is 6.79. The number of aliphatic hydroxyl groups excluding tert-OH is 1. The largest absolute Gasteiger partial charge is 0.395 e. The Balaban J connectivity index is 2.09. The Labute approximate surface area is 92.5 Å². The fourth-order valence-corrected chi connectivity index (χ4v) is 2.39. The molecule has 2 rings (SSSR count). The highest BCUT2D eigenvalue weighted by molar-refractivity contribution is 9.10. The zero-order valence-corrected chi connectivity index (χ0v) is 9.50. The van der Waals surface area contributed by atoms with E-state index < -0.39 is 0 Å². The SMILES string of the molecule is OCC1CC(c2cccc(Br)c2)CN1. The zero-order valence-electron chi connectivity index (χ0n) is 7.91. The minimum atomic E-state index is 0.241. The number of hydrogen-bond acceptors (Lipinski definition) is 2. The van der Waals surface area contributed by atoms with Crippen LogP contribution in [-0.2, 0) is 0 Å². The summed E-state index contributed by atoms with van der Waals surface area (Å²) in [5.41, 5.74) is 1.35. The summed E-state index contributed by atoms with van der Waals surface area (Å²) in [6, 6.07) is 8.68. The van der Waals surface area contributed by atoms with Crippen molar-refractivity contribution in [3.8, 4) is 0 Å². The molecule has 1 aliphatic rings. The third kappa shape index (κ3) is 2.16. The van der Waals surface area contributed by atoms with Crippen LogP contribution in [-0.4, -0.2) is 24.3 Å². The van der Waals surface area contributed by atoms with Crippen molar-refractivity contribution in [3.63, 3.8) is 0 Å². The summed E-state index contributed by atoms with van der Waals surface area (Å²) in [4.78, 5) is 0. The van der Waals surface area contributed by atoms with Gasteiger partial charge in [0.05, 0.1) is 6.61 Å². The smallest absolute Gasteiger partial charge is 0.0584 e. The maximum Gasteiger partial charge on any atom is 0.0584 e. The van der Waals surface area contributed by atoms with Gasteiger partial charge in [-0.05, 0) is 30.0 Å². The Morgan fingerprint density at radius 2 is 2.36 bits per heavy atom. The summed E-state index contributed by atoms with van der Waals surface area (Å²) in [6.45, 7) is 1.21. The fourth-order valence-electron chi connectivity index (χ4n) is 1.97. The molecule has 1 aliphatic heterocycles.